The Labute approximate surface area is 118 Å². The van der Waals surface area contributed by atoms with Crippen molar-refractivity contribution in [2.45, 2.75) is 5.60 Å². The smallest absolute Gasteiger partial charge is 0.244 e. The van der Waals surface area contributed by atoms with Crippen LogP contribution in [0.15, 0.2) is 36.4 Å². The van der Waals surface area contributed by atoms with Crippen molar-refractivity contribution in [2.24, 2.45) is 0 Å². The van der Waals surface area contributed by atoms with E-state index < -0.39 is 5.60 Å². The Morgan fingerprint density at radius 1 is 1.45 bits per heavy atom. The molecule has 5 nitrogen and oxygen atoms in total. The molecule has 1 heterocycles. The maximum atomic E-state index is 11.8. The third-order valence-corrected chi connectivity index (χ3v) is 3.03. The first-order valence-electron chi connectivity index (χ1n) is 6.46. The highest BCUT2D eigenvalue weighted by Gasteiger charge is 2.36. The first-order valence-corrected chi connectivity index (χ1v) is 6.46. The standard InChI is InChI=1S/C15H19NO4/c1-18-10-15(11-19-12-20-15)9-16-14(17)8-7-13-5-3-2-4-6-13/h2-8H,9-12H2,1H3,(H,16,17)/b8-7+. The van der Waals surface area contributed by atoms with E-state index in [1.165, 1.54) is 6.08 Å². The third-order valence-electron chi connectivity index (χ3n) is 3.03. The van der Waals surface area contributed by atoms with Crippen molar-refractivity contribution in [3.63, 3.8) is 0 Å². The number of nitrogens with one attached hydrogen (secondary N) is 1. The van der Waals surface area contributed by atoms with E-state index in [2.05, 4.69) is 5.32 Å². The molecule has 0 aromatic heterocycles. The Kier molecular flexibility index (Phi) is 5.29. The number of carbonyl (C=O) groups excluding carboxylic acids is 1. The lowest BCUT2D eigenvalue weighted by atomic mass is 10.1. The van der Waals surface area contributed by atoms with Crippen LogP contribution >= 0.6 is 0 Å². The molecular weight excluding hydrogens is 258 g/mol. The fraction of sp³-hybridized carbons (Fsp3) is 0.400. The molecule has 2 rings (SSSR count). The molecule has 1 aliphatic rings. The fourth-order valence-electron chi connectivity index (χ4n) is 1.98. The highest BCUT2D eigenvalue weighted by molar-refractivity contribution is 5.91. The molecule has 1 aromatic rings. The molecule has 1 atom stereocenters. The Bertz CT molecular complexity index is 452. The van der Waals surface area contributed by atoms with Gasteiger partial charge in [0.25, 0.3) is 0 Å². The summed E-state index contributed by atoms with van der Waals surface area (Å²) in [5.41, 5.74) is 0.403. The zero-order valence-electron chi connectivity index (χ0n) is 11.5. The Hall–Kier alpha value is -1.69. The third kappa shape index (κ3) is 4.16. The quantitative estimate of drug-likeness (QED) is 0.794. The van der Waals surface area contributed by atoms with Gasteiger partial charge < -0.3 is 19.5 Å². The van der Waals surface area contributed by atoms with E-state index in [1.807, 2.05) is 30.3 Å². The van der Waals surface area contributed by atoms with Crippen molar-refractivity contribution in [1.29, 1.82) is 0 Å². The first-order chi connectivity index (χ1) is 9.74. The van der Waals surface area contributed by atoms with Crippen LogP contribution in [0.5, 0.6) is 0 Å². The molecule has 1 saturated heterocycles. The number of benzene rings is 1. The molecule has 20 heavy (non-hydrogen) atoms. The summed E-state index contributed by atoms with van der Waals surface area (Å²) >= 11 is 0. The summed E-state index contributed by atoms with van der Waals surface area (Å²) in [5.74, 6) is -0.167. The number of hydrogen-bond acceptors (Lipinski definition) is 4. The van der Waals surface area contributed by atoms with Gasteiger partial charge >= 0.3 is 0 Å². The predicted octanol–water partition coefficient (Wildman–Crippen LogP) is 1.21. The summed E-state index contributed by atoms with van der Waals surface area (Å²) in [6, 6.07) is 9.65. The van der Waals surface area contributed by atoms with Gasteiger partial charge in [-0.1, -0.05) is 30.3 Å². The van der Waals surface area contributed by atoms with Crippen LogP contribution in [0.4, 0.5) is 0 Å². The minimum absolute atomic E-state index is 0.167. The highest BCUT2D eigenvalue weighted by Crippen LogP contribution is 2.17. The van der Waals surface area contributed by atoms with Gasteiger partial charge in [-0.15, -0.1) is 0 Å². The van der Waals surface area contributed by atoms with Gasteiger partial charge in [-0.25, -0.2) is 0 Å². The minimum atomic E-state index is -0.578. The van der Waals surface area contributed by atoms with E-state index in [1.54, 1.807) is 13.2 Å². The molecule has 1 N–H and O–H groups in total. The Morgan fingerprint density at radius 3 is 2.90 bits per heavy atom. The van der Waals surface area contributed by atoms with E-state index in [0.29, 0.717) is 19.8 Å². The number of methoxy groups -OCH3 is 1. The van der Waals surface area contributed by atoms with Crippen LogP contribution in [0.3, 0.4) is 0 Å². The maximum Gasteiger partial charge on any atom is 0.244 e. The van der Waals surface area contributed by atoms with Crippen LogP contribution in [-0.4, -0.2) is 45.2 Å². The molecular formula is C15H19NO4. The van der Waals surface area contributed by atoms with Crippen LogP contribution in [-0.2, 0) is 19.0 Å². The second-order valence-electron chi connectivity index (χ2n) is 4.69. The Morgan fingerprint density at radius 2 is 2.25 bits per heavy atom. The minimum Gasteiger partial charge on any atom is -0.382 e. The molecule has 1 aromatic carbocycles. The van der Waals surface area contributed by atoms with Gasteiger partial charge in [-0.05, 0) is 11.6 Å². The molecule has 1 unspecified atom stereocenters. The zero-order chi connectivity index (χ0) is 14.3. The van der Waals surface area contributed by atoms with Gasteiger partial charge in [0.15, 0.2) is 0 Å². The van der Waals surface area contributed by atoms with Gasteiger partial charge in [0.2, 0.25) is 5.91 Å². The van der Waals surface area contributed by atoms with E-state index in [0.717, 1.165) is 5.56 Å². The van der Waals surface area contributed by atoms with Gasteiger partial charge in [-0.3, -0.25) is 4.79 Å². The monoisotopic (exact) mass is 277 g/mol. The summed E-state index contributed by atoms with van der Waals surface area (Å²) < 4.78 is 15.8. The van der Waals surface area contributed by atoms with Gasteiger partial charge in [0.05, 0.1) is 19.8 Å². The summed E-state index contributed by atoms with van der Waals surface area (Å²) in [6.45, 7) is 1.40. The average Bonchev–Trinajstić information content (AvgIpc) is 2.93. The lowest BCUT2D eigenvalue weighted by Crippen LogP contribution is -2.47. The summed E-state index contributed by atoms with van der Waals surface area (Å²) in [5, 5.41) is 2.81. The molecule has 108 valence electrons. The molecule has 1 fully saturated rings. The van der Waals surface area contributed by atoms with Crippen LogP contribution in [0.1, 0.15) is 5.56 Å². The summed E-state index contributed by atoms with van der Waals surface area (Å²) in [7, 11) is 1.60. The second-order valence-corrected chi connectivity index (χ2v) is 4.69. The van der Waals surface area contributed by atoms with Crippen molar-refractivity contribution >= 4 is 12.0 Å². The van der Waals surface area contributed by atoms with Crippen LogP contribution in [0.25, 0.3) is 6.08 Å². The molecule has 0 radical (unpaired) electrons. The lowest BCUT2D eigenvalue weighted by molar-refractivity contribution is -0.118. The molecule has 0 spiro atoms. The van der Waals surface area contributed by atoms with E-state index in [9.17, 15) is 4.79 Å². The van der Waals surface area contributed by atoms with E-state index in [-0.39, 0.29) is 12.7 Å². The maximum absolute atomic E-state index is 11.8. The molecule has 0 saturated carbocycles. The largest absolute Gasteiger partial charge is 0.382 e. The SMILES string of the molecule is COCC1(CNC(=O)/C=C/c2ccccc2)COCO1. The van der Waals surface area contributed by atoms with Crippen molar-refractivity contribution < 1.29 is 19.0 Å². The number of rotatable bonds is 6. The summed E-state index contributed by atoms with van der Waals surface area (Å²) in [4.78, 5) is 11.8. The Balaban J connectivity index is 1.84. The number of carbonyl (C=O) groups is 1. The van der Waals surface area contributed by atoms with Gasteiger partial charge in [-0.2, -0.15) is 0 Å². The zero-order valence-corrected chi connectivity index (χ0v) is 11.5. The second kappa shape index (κ2) is 7.19. The summed E-state index contributed by atoms with van der Waals surface area (Å²) in [6.07, 6.45) is 3.27. The topological polar surface area (TPSA) is 56.8 Å². The van der Waals surface area contributed by atoms with Crippen molar-refractivity contribution in [1.82, 2.24) is 5.32 Å². The van der Waals surface area contributed by atoms with Gasteiger partial charge in [0.1, 0.15) is 12.4 Å². The van der Waals surface area contributed by atoms with E-state index >= 15 is 0 Å². The normalized spacial score (nSPS) is 22.2. The first kappa shape index (κ1) is 14.7. The average molecular weight is 277 g/mol. The van der Waals surface area contributed by atoms with E-state index in [4.69, 9.17) is 14.2 Å². The fourth-order valence-corrected chi connectivity index (χ4v) is 1.98. The predicted molar refractivity (Wildman–Crippen MR) is 75.0 cm³/mol. The molecule has 1 amide bonds. The number of amides is 1. The molecule has 1 aliphatic heterocycles. The highest BCUT2D eigenvalue weighted by atomic mass is 16.7. The van der Waals surface area contributed by atoms with Gasteiger partial charge in [0, 0.05) is 13.2 Å². The number of ether oxygens (including phenoxy) is 3. The van der Waals surface area contributed by atoms with Crippen LogP contribution < -0.4 is 5.32 Å². The van der Waals surface area contributed by atoms with Crippen molar-refractivity contribution in [3.8, 4) is 0 Å². The molecule has 0 aliphatic carbocycles. The van der Waals surface area contributed by atoms with Crippen LogP contribution in [0.2, 0.25) is 0 Å². The molecule has 5 heteroatoms. The van der Waals surface area contributed by atoms with Crippen molar-refractivity contribution in [3.05, 3.63) is 42.0 Å². The van der Waals surface area contributed by atoms with Crippen LogP contribution in [0, 0.1) is 0 Å². The lowest BCUT2D eigenvalue weighted by Gasteiger charge is -2.25. The van der Waals surface area contributed by atoms with Crippen molar-refractivity contribution in [2.75, 3.05) is 33.7 Å². The molecule has 0 bridgehead atoms. The number of hydrogen-bond donors (Lipinski definition) is 1.